The molecule has 0 saturated heterocycles. The Bertz CT molecular complexity index is 1020. The maximum atomic E-state index is 12.9. The molecule has 0 aliphatic heterocycles. The molecule has 0 unspecified atom stereocenters. The molecule has 0 fully saturated rings. The van der Waals surface area contributed by atoms with Crippen molar-refractivity contribution in [1.82, 2.24) is 0 Å². The zero-order chi connectivity index (χ0) is 25.6. The van der Waals surface area contributed by atoms with Crippen LogP contribution in [0.4, 0.5) is 0 Å². The van der Waals surface area contributed by atoms with Crippen LogP contribution >= 0.6 is 0 Å². The van der Waals surface area contributed by atoms with Gasteiger partial charge < -0.3 is 4.42 Å². The average molecular weight is 477 g/mol. The number of Topliss-reactive ketones (excluding diaryl/α,β-unsaturated/α-hetero) is 1. The van der Waals surface area contributed by atoms with Gasteiger partial charge in [0.05, 0.1) is 0 Å². The number of hydrogen-bond acceptors (Lipinski definition) is 2. The molecule has 1 aromatic heterocycles. The van der Waals surface area contributed by atoms with Crippen LogP contribution in [0, 0.1) is 12.8 Å². The number of unbranched alkanes of at least 4 members (excludes halogenated alkanes) is 1. The van der Waals surface area contributed by atoms with Crippen molar-refractivity contribution in [3.05, 3.63) is 70.2 Å². The van der Waals surface area contributed by atoms with E-state index >= 15 is 0 Å². The number of allylic oxidation sites excluding steroid dienone is 2. The summed E-state index contributed by atoms with van der Waals surface area (Å²) in [5.74, 6) is 2.14. The van der Waals surface area contributed by atoms with Gasteiger partial charge in [-0.05, 0) is 90.2 Å². The normalized spacial score (nSPS) is 17.5. The fourth-order valence-electron chi connectivity index (χ4n) is 5.55. The van der Waals surface area contributed by atoms with E-state index in [4.69, 9.17) is 4.42 Å². The topological polar surface area (TPSA) is 30.2 Å². The first kappa shape index (κ1) is 27.5. The highest BCUT2D eigenvalue weighted by molar-refractivity contribution is 5.93. The minimum atomic E-state index is 0.141. The van der Waals surface area contributed by atoms with Crippen LogP contribution in [-0.4, -0.2) is 5.78 Å². The number of hydrogen-bond donors (Lipinski definition) is 0. The molecule has 1 atom stereocenters. The van der Waals surface area contributed by atoms with E-state index in [9.17, 15) is 4.79 Å². The van der Waals surface area contributed by atoms with Gasteiger partial charge in [-0.2, -0.15) is 0 Å². The summed E-state index contributed by atoms with van der Waals surface area (Å²) in [7, 11) is 0. The van der Waals surface area contributed by atoms with Gasteiger partial charge in [0, 0.05) is 12.8 Å². The SMILES string of the molecule is CCC=CC[C@@H](CCCC)CCC(=O)c1ccc(Cc2cc3c(cc2C)C(C)(C)CCC3(C)C)o1. The number of carbonyl (C=O) groups excluding carboxylic acids is 1. The maximum absolute atomic E-state index is 12.9. The molecule has 2 aromatic rings. The van der Waals surface area contributed by atoms with Crippen LogP contribution < -0.4 is 0 Å². The summed E-state index contributed by atoms with van der Waals surface area (Å²) < 4.78 is 6.09. The molecule has 192 valence electrons. The van der Waals surface area contributed by atoms with Crippen LogP contribution in [0.1, 0.15) is 138 Å². The fourth-order valence-corrected chi connectivity index (χ4v) is 5.55. The van der Waals surface area contributed by atoms with Gasteiger partial charge in [0.2, 0.25) is 0 Å². The van der Waals surface area contributed by atoms with E-state index in [0.717, 1.165) is 31.4 Å². The summed E-state index contributed by atoms with van der Waals surface area (Å²) in [6.07, 6.45) is 15.0. The van der Waals surface area contributed by atoms with E-state index in [2.05, 4.69) is 72.8 Å². The van der Waals surface area contributed by atoms with E-state index < -0.39 is 0 Å². The molecule has 0 N–H and O–H groups in total. The highest BCUT2D eigenvalue weighted by Gasteiger charge is 2.37. The number of furan rings is 1. The van der Waals surface area contributed by atoms with Gasteiger partial charge in [0.1, 0.15) is 5.76 Å². The highest BCUT2D eigenvalue weighted by Crippen LogP contribution is 2.46. The van der Waals surface area contributed by atoms with Gasteiger partial charge in [-0.15, -0.1) is 0 Å². The van der Waals surface area contributed by atoms with Crippen molar-refractivity contribution >= 4 is 5.78 Å². The van der Waals surface area contributed by atoms with Crippen LogP contribution in [0.15, 0.2) is 40.8 Å². The minimum absolute atomic E-state index is 0.141. The number of fused-ring (bicyclic) bond motifs is 1. The predicted molar refractivity (Wildman–Crippen MR) is 149 cm³/mol. The molecule has 1 aromatic carbocycles. The second kappa shape index (κ2) is 11.8. The summed E-state index contributed by atoms with van der Waals surface area (Å²) >= 11 is 0. The summed E-state index contributed by atoms with van der Waals surface area (Å²) in [4.78, 5) is 12.9. The van der Waals surface area contributed by atoms with E-state index in [1.54, 1.807) is 0 Å². The van der Waals surface area contributed by atoms with E-state index in [1.807, 2.05) is 12.1 Å². The average Bonchev–Trinajstić information content (AvgIpc) is 3.28. The standard InChI is InChI=1S/C33H48O2/c1-8-10-12-14-25(13-11-9-2)15-17-30(34)31-18-16-27(35-31)22-26-23-29-28(21-24(26)3)32(4,5)19-20-33(29,6)7/h10,12,16,18,21,23,25H,8-9,11,13-15,17,19-20,22H2,1-7H3/t25-/m1/s1. The highest BCUT2D eigenvalue weighted by atomic mass is 16.3. The van der Waals surface area contributed by atoms with Gasteiger partial charge in [0.25, 0.3) is 0 Å². The zero-order valence-corrected chi connectivity index (χ0v) is 23.4. The molecule has 1 aliphatic carbocycles. The number of benzene rings is 1. The third kappa shape index (κ3) is 6.99. The van der Waals surface area contributed by atoms with Crippen molar-refractivity contribution < 1.29 is 9.21 Å². The van der Waals surface area contributed by atoms with Crippen LogP contribution in [0.3, 0.4) is 0 Å². The Hall–Kier alpha value is -2.09. The number of carbonyl (C=O) groups is 1. The monoisotopic (exact) mass is 476 g/mol. The van der Waals surface area contributed by atoms with E-state index in [1.165, 1.54) is 54.4 Å². The molecule has 35 heavy (non-hydrogen) atoms. The molecule has 3 rings (SSSR count). The third-order valence-electron chi connectivity index (χ3n) is 8.23. The summed E-state index contributed by atoms with van der Waals surface area (Å²) in [6.45, 7) is 16.1. The molecular weight excluding hydrogens is 428 g/mol. The quantitative estimate of drug-likeness (QED) is 0.225. The Kier molecular flexibility index (Phi) is 9.24. The number of rotatable bonds is 12. The zero-order valence-electron chi connectivity index (χ0n) is 23.4. The number of aryl methyl sites for hydroxylation is 1. The van der Waals surface area contributed by atoms with Gasteiger partial charge >= 0.3 is 0 Å². The molecule has 0 saturated carbocycles. The van der Waals surface area contributed by atoms with Gasteiger partial charge in [-0.3, -0.25) is 4.79 Å². The Morgan fingerprint density at radius 3 is 2.34 bits per heavy atom. The molecule has 0 radical (unpaired) electrons. The largest absolute Gasteiger partial charge is 0.458 e. The van der Waals surface area contributed by atoms with Gasteiger partial charge in [-0.25, -0.2) is 0 Å². The third-order valence-corrected chi connectivity index (χ3v) is 8.23. The molecule has 0 spiro atoms. The second-order valence-electron chi connectivity index (χ2n) is 12.1. The smallest absolute Gasteiger partial charge is 0.198 e. The second-order valence-corrected chi connectivity index (χ2v) is 12.1. The first-order valence-corrected chi connectivity index (χ1v) is 14.0. The van der Waals surface area contributed by atoms with Crippen molar-refractivity contribution in [2.75, 3.05) is 0 Å². The number of ketones is 1. The molecule has 1 heterocycles. The minimum Gasteiger partial charge on any atom is -0.458 e. The summed E-state index contributed by atoms with van der Waals surface area (Å²) in [5.41, 5.74) is 6.02. The maximum Gasteiger partial charge on any atom is 0.198 e. The summed E-state index contributed by atoms with van der Waals surface area (Å²) in [6, 6.07) is 8.71. The first-order valence-electron chi connectivity index (χ1n) is 14.0. The lowest BCUT2D eigenvalue weighted by Crippen LogP contribution is -2.34. The molecule has 0 bridgehead atoms. The Balaban J connectivity index is 1.69. The Morgan fingerprint density at radius 1 is 1.00 bits per heavy atom. The van der Waals surface area contributed by atoms with Crippen molar-refractivity contribution in [3.8, 4) is 0 Å². The van der Waals surface area contributed by atoms with Crippen molar-refractivity contribution in [1.29, 1.82) is 0 Å². The molecule has 1 aliphatic rings. The molecular formula is C33H48O2. The molecule has 2 heteroatoms. The fraction of sp³-hybridized carbons (Fsp3) is 0.606. The van der Waals surface area contributed by atoms with Crippen LogP contribution in [0.5, 0.6) is 0 Å². The van der Waals surface area contributed by atoms with E-state index in [0.29, 0.717) is 18.1 Å². The van der Waals surface area contributed by atoms with Crippen molar-refractivity contribution in [2.45, 2.75) is 124 Å². The van der Waals surface area contributed by atoms with Crippen LogP contribution in [0.25, 0.3) is 0 Å². The van der Waals surface area contributed by atoms with E-state index in [-0.39, 0.29) is 16.6 Å². The lowest BCUT2D eigenvalue weighted by molar-refractivity contribution is 0.0944. The Labute approximate surface area is 214 Å². The lowest BCUT2D eigenvalue weighted by atomic mass is 9.62. The lowest BCUT2D eigenvalue weighted by Gasteiger charge is -2.42. The van der Waals surface area contributed by atoms with Crippen molar-refractivity contribution in [2.24, 2.45) is 5.92 Å². The Morgan fingerprint density at radius 2 is 1.69 bits per heavy atom. The van der Waals surface area contributed by atoms with Crippen LogP contribution in [-0.2, 0) is 17.3 Å². The summed E-state index contributed by atoms with van der Waals surface area (Å²) in [5, 5.41) is 0. The van der Waals surface area contributed by atoms with Gasteiger partial charge in [0.15, 0.2) is 11.5 Å². The first-order chi connectivity index (χ1) is 16.6. The van der Waals surface area contributed by atoms with Crippen molar-refractivity contribution in [3.63, 3.8) is 0 Å². The van der Waals surface area contributed by atoms with Gasteiger partial charge in [-0.1, -0.05) is 85.1 Å². The predicted octanol–water partition coefficient (Wildman–Crippen LogP) is 9.65. The molecule has 2 nitrogen and oxygen atoms in total. The van der Waals surface area contributed by atoms with Crippen LogP contribution in [0.2, 0.25) is 0 Å². The molecule has 0 amide bonds.